The number of unbranched alkanes of at least 4 members (excludes halogenated alkanes) is 2. The Hall–Kier alpha value is -0.810. The van der Waals surface area contributed by atoms with Crippen molar-refractivity contribution < 1.29 is 9.47 Å². The molecule has 18 heavy (non-hydrogen) atoms. The Balaban J connectivity index is 3.61. The van der Waals surface area contributed by atoms with Crippen molar-refractivity contribution in [2.24, 2.45) is 4.99 Å². The maximum atomic E-state index is 5.02. The molecule has 0 heterocycles. The van der Waals surface area contributed by atoms with E-state index in [9.17, 15) is 0 Å². The summed E-state index contributed by atoms with van der Waals surface area (Å²) in [5.41, 5.74) is 0. The summed E-state index contributed by atoms with van der Waals surface area (Å²) >= 11 is 0. The van der Waals surface area contributed by atoms with Gasteiger partial charge < -0.3 is 20.1 Å². The maximum absolute atomic E-state index is 5.02. The zero-order valence-corrected chi connectivity index (χ0v) is 12.1. The van der Waals surface area contributed by atoms with Crippen LogP contribution < -0.4 is 10.6 Å². The van der Waals surface area contributed by atoms with Gasteiger partial charge in [0, 0.05) is 47.1 Å². The summed E-state index contributed by atoms with van der Waals surface area (Å²) in [5.74, 6) is 0.903. The Kier molecular flexibility index (Phi) is 13.6. The summed E-state index contributed by atoms with van der Waals surface area (Å²) in [5, 5.41) is 6.57. The van der Waals surface area contributed by atoms with Crippen LogP contribution in [0.2, 0.25) is 0 Å². The number of hydrogen-bond donors (Lipinski definition) is 2. The van der Waals surface area contributed by atoms with Crippen molar-refractivity contribution >= 4 is 5.96 Å². The molecule has 0 saturated heterocycles. The monoisotopic (exact) mass is 259 g/mol. The van der Waals surface area contributed by atoms with Gasteiger partial charge in [-0.1, -0.05) is 0 Å². The third-order valence-corrected chi connectivity index (χ3v) is 2.44. The van der Waals surface area contributed by atoms with Crippen LogP contribution in [0.25, 0.3) is 0 Å². The van der Waals surface area contributed by atoms with E-state index in [-0.39, 0.29) is 0 Å². The molecule has 0 rings (SSSR count). The van der Waals surface area contributed by atoms with Gasteiger partial charge in [-0.25, -0.2) is 0 Å². The average molecular weight is 259 g/mol. The fourth-order valence-electron chi connectivity index (χ4n) is 1.50. The standard InChI is InChI=1S/C13H29N3O2/c1-4-14-13(16-10-8-12-18-3)15-9-6-5-7-11-17-2/h4-12H2,1-3H3,(H2,14,15,16). The number of nitrogens with zero attached hydrogens (tertiary/aromatic N) is 1. The molecular formula is C13H29N3O2. The van der Waals surface area contributed by atoms with Gasteiger partial charge in [0.25, 0.3) is 0 Å². The van der Waals surface area contributed by atoms with Gasteiger partial charge in [0.1, 0.15) is 0 Å². The van der Waals surface area contributed by atoms with Gasteiger partial charge in [-0.3, -0.25) is 4.99 Å². The lowest BCUT2D eigenvalue weighted by molar-refractivity contribution is 0.192. The number of aliphatic imine (C=N–C) groups is 1. The van der Waals surface area contributed by atoms with Crippen molar-refractivity contribution in [2.75, 3.05) is 47.1 Å². The van der Waals surface area contributed by atoms with E-state index < -0.39 is 0 Å². The average Bonchev–Trinajstić information content (AvgIpc) is 2.38. The van der Waals surface area contributed by atoms with Crippen molar-refractivity contribution in [3.63, 3.8) is 0 Å². The van der Waals surface area contributed by atoms with E-state index in [1.165, 1.54) is 6.42 Å². The van der Waals surface area contributed by atoms with E-state index in [0.29, 0.717) is 0 Å². The van der Waals surface area contributed by atoms with Crippen LogP contribution in [0.1, 0.15) is 32.6 Å². The predicted octanol–water partition coefficient (Wildman–Crippen LogP) is 1.39. The Labute approximate surface area is 111 Å². The van der Waals surface area contributed by atoms with Gasteiger partial charge in [-0.2, -0.15) is 0 Å². The van der Waals surface area contributed by atoms with Crippen LogP contribution in [0, 0.1) is 0 Å². The van der Waals surface area contributed by atoms with E-state index in [1.54, 1.807) is 14.2 Å². The van der Waals surface area contributed by atoms with Crippen molar-refractivity contribution in [3.8, 4) is 0 Å². The van der Waals surface area contributed by atoms with Crippen LogP contribution in [-0.4, -0.2) is 53.0 Å². The molecule has 0 saturated carbocycles. The van der Waals surface area contributed by atoms with E-state index in [1.807, 2.05) is 0 Å². The van der Waals surface area contributed by atoms with Crippen LogP contribution >= 0.6 is 0 Å². The van der Waals surface area contributed by atoms with E-state index >= 15 is 0 Å². The molecule has 0 amide bonds. The fraction of sp³-hybridized carbons (Fsp3) is 0.923. The third kappa shape index (κ3) is 11.7. The zero-order chi connectivity index (χ0) is 13.5. The van der Waals surface area contributed by atoms with E-state index in [0.717, 1.165) is 58.1 Å². The first-order valence-corrected chi connectivity index (χ1v) is 6.85. The molecule has 0 aliphatic heterocycles. The van der Waals surface area contributed by atoms with Crippen LogP contribution in [0.4, 0.5) is 0 Å². The molecule has 0 spiro atoms. The second kappa shape index (κ2) is 14.3. The highest BCUT2D eigenvalue weighted by atomic mass is 16.5. The minimum absolute atomic E-state index is 0.764. The molecule has 0 unspecified atom stereocenters. The van der Waals surface area contributed by atoms with E-state index in [2.05, 4.69) is 22.5 Å². The molecule has 0 aromatic heterocycles. The van der Waals surface area contributed by atoms with Crippen molar-refractivity contribution in [3.05, 3.63) is 0 Å². The van der Waals surface area contributed by atoms with Gasteiger partial charge in [-0.15, -0.1) is 0 Å². The summed E-state index contributed by atoms with van der Waals surface area (Å²) < 4.78 is 10.0. The Morgan fingerprint density at radius 3 is 2.33 bits per heavy atom. The smallest absolute Gasteiger partial charge is 0.191 e. The molecule has 0 aromatic rings. The first kappa shape index (κ1) is 17.2. The van der Waals surface area contributed by atoms with Gasteiger partial charge in [0.2, 0.25) is 0 Å². The van der Waals surface area contributed by atoms with Gasteiger partial charge >= 0.3 is 0 Å². The molecule has 5 nitrogen and oxygen atoms in total. The lowest BCUT2D eigenvalue weighted by Gasteiger charge is -2.11. The van der Waals surface area contributed by atoms with Crippen molar-refractivity contribution in [2.45, 2.75) is 32.6 Å². The second-order valence-corrected chi connectivity index (χ2v) is 4.09. The first-order valence-electron chi connectivity index (χ1n) is 6.85. The largest absolute Gasteiger partial charge is 0.385 e. The molecule has 0 atom stereocenters. The minimum atomic E-state index is 0.764. The van der Waals surface area contributed by atoms with Gasteiger partial charge in [0.15, 0.2) is 5.96 Å². The predicted molar refractivity (Wildman–Crippen MR) is 76.2 cm³/mol. The fourth-order valence-corrected chi connectivity index (χ4v) is 1.50. The van der Waals surface area contributed by atoms with Crippen LogP contribution in [0.15, 0.2) is 4.99 Å². The lowest BCUT2D eigenvalue weighted by atomic mass is 10.2. The summed E-state index contributed by atoms with van der Waals surface area (Å²) in [6, 6.07) is 0. The quantitative estimate of drug-likeness (QED) is 0.334. The third-order valence-electron chi connectivity index (χ3n) is 2.44. The van der Waals surface area contributed by atoms with Crippen LogP contribution in [-0.2, 0) is 9.47 Å². The molecule has 2 N–H and O–H groups in total. The number of hydrogen-bond acceptors (Lipinski definition) is 3. The molecule has 0 aliphatic rings. The van der Waals surface area contributed by atoms with Crippen molar-refractivity contribution in [1.82, 2.24) is 10.6 Å². The summed E-state index contributed by atoms with van der Waals surface area (Å²) in [7, 11) is 3.46. The summed E-state index contributed by atoms with van der Waals surface area (Å²) in [6.07, 6.45) is 4.41. The molecular weight excluding hydrogens is 230 g/mol. The Bertz CT molecular complexity index is 199. The molecule has 5 heteroatoms. The lowest BCUT2D eigenvalue weighted by Crippen LogP contribution is -2.37. The molecule has 108 valence electrons. The number of guanidine groups is 1. The zero-order valence-electron chi connectivity index (χ0n) is 12.1. The van der Waals surface area contributed by atoms with Gasteiger partial charge in [-0.05, 0) is 32.6 Å². The second-order valence-electron chi connectivity index (χ2n) is 4.09. The van der Waals surface area contributed by atoms with Crippen molar-refractivity contribution in [1.29, 1.82) is 0 Å². The van der Waals surface area contributed by atoms with E-state index in [4.69, 9.17) is 9.47 Å². The number of methoxy groups -OCH3 is 2. The molecule has 0 aliphatic carbocycles. The molecule has 0 radical (unpaired) electrons. The number of ether oxygens (including phenoxy) is 2. The highest BCUT2D eigenvalue weighted by Crippen LogP contribution is 1.93. The van der Waals surface area contributed by atoms with Crippen LogP contribution in [0.3, 0.4) is 0 Å². The normalized spacial score (nSPS) is 11.6. The molecule has 0 bridgehead atoms. The minimum Gasteiger partial charge on any atom is -0.385 e. The number of nitrogens with one attached hydrogen (secondary N) is 2. The maximum Gasteiger partial charge on any atom is 0.191 e. The summed E-state index contributed by atoms with van der Waals surface area (Å²) in [4.78, 5) is 4.47. The number of rotatable bonds is 11. The van der Waals surface area contributed by atoms with Gasteiger partial charge in [0.05, 0.1) is 0 Å². The Morgan fingerprint density at radius 2 is 1.67 bits per heavy atom. The Morgan fingerprint density at radius 1 is 0.944 bits per heavy atom. The van der Waals surface area contributed by atoms with Crippen LogP contribution in [0.5, 0.6) is 0 Å². The highest BCUT2D eigenvalue weighted by molar-refractivity contribution is 5.79. The first-order chi connectivity index (χ1) is 8.85. The highest BCUT2D eigenvalue weighted by Gasteiger charge is 1.96. The SMILES string of the molecule is CCNC(=NCCCOC)NCCCCCOC. The summed E-state index contributed by atoms with van der Waals surface area (Å²) in [6.45, 7) is 6.34. The molecule has 0 aromatic carbocycles. The molecule has 0 fully saturated rings. The topological polar surface area (TPSA) is 54.9 Å².